The summed E-state index contributed by atoms with van der Waals surface area (Å²) in [4.78, 5) is 0. The van der Waals surface area contributed by atoms with Gasteiger partial charge in [0.05, 0.1) is 5.02 Å². The van der Waals surface area contributed by atoms with Crippen LogP contribution in [-0.2, 0) is 19.7 Å². The van der Waals surface area contributed by atoms with Crippen LogP contribution in [0.1, 0.15) is 16.7 Å². The van der Waals surface area contributed by atoms with Crippen molar-refractivity contribution in [2.45, 2.75) is 19.7 Å². The smallest absolute Gasteiger partial charge is 0.131 e. The monoisotopic (exact) mass is 355 g/mol. The molecule has 0 aliphatic carbocycles. The third kappa shape index (κ3) is 5.05. The Morgan fingerprint density at radius 1 is 0.840 bits per heavy atom. The number of rotatable bonds is 7. The molecule has 0 atom stereocenters. The van der Waals surface area contributed by atoms with Crippen molar-refractivity contribution in [2.75, 3.05) is 0 Å². The van der Waals surface area contributed by atoms with Gasteiger partial charge in [-0.3, -0.25) is 0 Å². The highest BCUT2D eigenvalue weighted by atomic mass is 35.5. The van der Waals surface area contributed by atoms with Crippen LogP contribution in [-0.4, -0.2) is 0 Å². The van der Waals surface area contributed by atoms with E-state index in [1.54, 1.807) is 12.1 Å². The van der Waals surface area contributed by atoms with Crippen molar-refractivity contribution < 1.29 is 9.13 Å². The van der Waals surface area contributed by atoms with Gasteiger partial charge in [0.2, 0.25) is 0 Å². The van der Waals surface area contributed by atoms with Gasteiger partial charge >= 0.3 is 0 Å². The summed E-state index contributed by atoms with van der Waals surface area (Å²) in [5.41, 5.74) is 2.72. The van der Waals surface area contributed by atoms with Gasteiger partial charge in [-0.2, -0.15) is 0 Å². The summed E-state index contributed by atoms with van der Waals surface area (Å²) >= 11 is 6.02. The molecule has 3 rings (SSSR count). The molecule has 0 bridgehead atoms. The molecular weight excluding hydrogens is 337 g/mol. The molecule has 3 aromatic rings. The van der Waals surface area contributed by atoms with Crippen molar-refractivity contribution in [1.82, 2.24) is 5.32 Å². The highest BCUT2D eigenvalue weighted by Gasteiger charge is 2.07. The lowest BCUT2D eigenvalue weighted by Crippen LogP contribution is -2.12. The molecule has 0 fully saturated rings. The molecule has 0 amide bonds. The summed E-state index contributed by atoms with van der Waals surface area (Å²) in [6.45, 7) is 1.63. The predicted octanol–water partition coefficient (Wildman–Crippen LogP) is 5.35. The van der Waals surface area contributed by atoms with Gasteiger partial charge in [0, 0.05) is 18.7 Å². The van der Waals surface area contributed by atoms with Gasteiger partial charge in [-0.1, -0.05) is 60.1 Å². The Bertz CT molecular complexity index is 803. The quantitative estimate of drug-likeness (QED) is 0.617. The minimum absolute atomic E-state index is 0.104. The van der Waals surface area contributed by atoms with Gasteiger partial charge in [0.25, 0.3) is 0 Å². The second-order valence-corrected chi connectivity index (χ2v) is 6.13. The molecule has 25 heavy (non-hydrogen) atoms. The highest BCUT2D eigenvalue weighted by Crippen LogP contribution is 2.22. The summed E-state index contributed by atoms with van der Waals surface area (Å²) < 4.78 is 19.5. The van der Waals surface area contributed by atoms with Crippen LogP contribution in [0.4, 0.5) is 4.39 Å². The van der Waals surface area contributed by atoms with E-state index in [9.17, 15) is 4.39 Å². The van der Waals surface area contributed by atoms with Gasteiger partial charge < -0.3 is 10.1 Å². The van der Waals surface area contributed by atoms with Crippen LogP contribution in [0.5, 0.6) is 5.75 Å². The molecular formula is C21H19ClFNO. The van der Waals surface area contributed by atoms with E-state index in [1.165, 1.54) is 11.6 Å². The van der Waals surface area contributed by atoms with Crippen LogP contribution in [0, 0.1) is 5.82 Å². The molecule has 0 aromatic heterocycles. The van der Waals surface area contributed by atoms with E-state index >= 15 is 0 Å². The van der Waals surface area contributed by atoms with Gasteiger partial charge in [0.15, 0.2) is 0 Å². The first-order chi connectivity index (χ1) is 12.2. The summed E-state index contributed by atoms with van der Waals surface area (Å²) in [6.07, 6.45) is 0. The van der Waals surface area contributed by atoms with Crippen LogP contribution in [0.2, 0.25) is 5.02 Å². The summed E-state index contributed by atoms with van der Waals surface area (Å²) in [5.74, 6) is 0.339. The molecule has 0 spiro atoms. The molecule has 0 unspecified atom stereocenters. The number of hydrogen-bond donors (Lipinski definition) is 1. The summed E-state index contributed by atoms with van der Waals surface area (Å²) in [5, 5.41) is 3.78. The SMILES string of the molecule is Fc1cccc(Cl)c1COc1cccc(CNCc2ccccc2)c1. The van der Waals surface area contributed by atoms with Crippen molar-refractivity contribution >= 4 is 11.6 Å². The van der Waals surface area contributed by atoms with E-state index < -0.39 is 0 Å². The fourth-order valence-corrected chi connectivity index (χ4v) is 2.74. The molecule has 0 saturated carbocycles. The highest BCUT2D eigenvalue weighted by molar-refractivity contribution is 6.31. The van der Waals surface area contributed by atoms with Crippen molar-refractivity contribution in [3.8, 4) is 5.75 Å². The van der Waals surface area contributed by atoms with E-state index in [4.69, 9.17) is 16.3 Å². The van der Waals surface area contributed by atoms with Crippen LogP contribution < -0.4 is 10.1 Å². The lowest BCUT2D eigenvalue weighted by atomic mass is 10.2. The topological polar surface area (TPSA) is 21.3 Å². The summed E-state index contributed by atoms with van der Waals surface area (Å²) in [7, 11) is 0. The average molecular weight is 356 g/mol. The Morgan fingerprint density at radius 3 is 2.36 bits per heavy atom. The molecule has 3 aromatic carbocycles. The molecule has 0 saturated heterocycles. The maximum atomic E-state index is 13.8. The first kappa shape index (κ1) is 17.5. The zero-order chi connectivity index (χ0) is 17.5. The molecule has 0 aliphatic rings. The molecule has 2 nitrogen and oxygen atoms in total. The Morgan fingerprint density at radius 2 is 1.56 bits per heavy atom. The zero-order valence-corrected chi connectivity index (χ0v) is 14.5. The number of halogens is 2. The predicted molar refractivity (Wildman–Crippen MR) is 99.2 cm³/mol. The van der Waals surface area contributed by atoms with Crippen LogP contribution in [0.15, 0.2) is 72.8 Å². The van der Waals surface area contributed by atoms with E-state index in [1.807, 2.05) is 42.5 Å². The van der Waals surface area contributed by atoms with E-state index in [0.717, 1.165) is 18.7 Å². The second-order valence-electron chi connectivity index (χ2n) is 5.73. The largest absolute Gasteiger partial charge is 0.489 e. The lowest BCUT2D eigenvalue weighted by molar-refractivity contribution is 0.299. The van der Waals surface area contributed by atoms with Crippen molar-refractivity contribution in [1.29, 1.82) is 0 Å². The molecule has 0 radical (unpaired) electrons. The third-order valence-corrected chi connectivity index (χ3v) is 4.20. The van der Waals surface area contributed by atoms with Crippen LogP contribution in [0.25, 0.3) is 0 Å². The Balaban J connectivity index is 1.56. The minimum Gasteiger partial charge on any atom is -0.489 e. The normalized spacial score (nSPS) is 10.6. The van der Waals surface area contributed by atoms with Gasteiger partial charge in [0.1, 0.15) is 18.2 Å². The maximum absolute atomic E-state index is 13.8. The van der Waals surface area contributed by atoms with Crippen molar-refractivity contribution in [3.63, 3.8) is 0 Å². The fraction of sp³-hybridized carbons (Fsp3) is 0.143. The van der Waals surface area contributed by atoms with E-state index in [2.05, 4.69) is 17.4 Å². The fourth-order valence-electron chi connectivity index (χ4n) is 2.52. The molecule has 128 valence electrons. The Labute approximate surface area is 152 Å². The standard InChI is InChI=1S/C21H19ClFNO/c22-20-10-5-11-21(23)19(20)15-25-18-9-4-8-17(12-18)14-24-13-16-6-2-1-3-7-16/h1-12,24H,13-15H2. The van der Waals surface area contributed by atoms with Gasteiger partial charge in [-0.15, -0.1) is 0 Å². The zero-order valence-electron chi connectivity index (χ0n) is 13.7. The number of nitrogens with one attached hydrogen (secondary N) is 1. The van der Waals surface area contributed by atoms with Gasteiger partial charge in [-0.25, -0.2) is 4.39 Å². The molecule has 1 N–H and O–H groups in total. The lowest BCUT2D eigenvalue weighted by Gasteiger charge is -2.10. The second kappa shape index (κ2) is 8.65. The molecule has 0 heterocycles. The first-order valence-corrected chi connectivity index (χ1v) is 8.49. The third-order valence-electron chi connectivity index (χ3n) is 3.84. The van der Waals surface area contributed by atoms with Crippen molar-refractivity contribution in [3.05, 3.63) is 100 Å². The van der Waals surface area contributed by atoms with Crippen LogP contribution in [0.3, 0.4) is 0 Å². The van der Waals surface area contributed by atoms with Crippen molar-refractivity contribution in [2.24, 2.45) is 0 Å². The Hall–Kier alpha value is -2.36. The maximum Gasteiger partial charge on any atom is 0.131 e. The molecule has 4 heteroatoms. The van der Waals surface area contributed by atoms with E-state index in [-0.39, 0.29) is 12.4 Å². The number of benzene rings is 3. The minimum atomic E-state index is -0.354. The molecule has 0 aliphatic heterocycles. The number of hydrogen-bond acceptors (Lipinski definition) is 2. The Kier molecular flexibility index (Phi) is 6.04. The number of ether oxygens (including phenoxy) is 1. The van der Waals surface area contributed by atoms with Gasteiger partial charge in [-0.05, 0) is 35.4 Å². The average Bonchev–Trinajstić information content (AvgIpc) is 2.63. The first-order valence-electron chi connectivity index (χ1n) is 8.11. The van der Waals surface area contributed by atoms with Crippen LogP contribution >= 0.6 is 11.6 Å². The van der Waals surface area contributed by atoms with E-state index in [0.29, 0.717) is 16.3 Å². The summed E-state index contributed by atoms with van der Waals surface area (Å²) in [6, 6.07) is 22.6.